The van der Waals surface area contributed by atoms with Crippen molar-refractivity contribution in [1.82, 2.24) is 29.4 Å². The van der Waals surface area contributed by atoms with Crippen LogP contribution in [0.15, 0.2) is 49.1 Å². The highest BCUT2D eigenvalue weighted by molar-refractivity contribution is 7.46. The highest BCUT2D eigenvalue weighted by atomic mass is 31.2. The Balaban J connectivity index is 1.50. The van der Waals surface area contributed by atoms with E-state index in [1.54, 1.807) is 27.9 Å². The SMILES string of the molecule is CC(C)C1COC(=O)N1c1ccn2ncc(-c3ccc(-c4ncn(C(OP(=O)(O)O)(C(C)(C)C)C(C)(C)C)n4)cc3)c2n1. The van der Waals surface area contributed by atoms with Gasteiger partial charge in [0.2, 0.25) is 0 Å². The van der Waals surface area contributed by atoms with E-state index in [1.165, 1.54) is 11.0 Å². The van der Waals surface area contributed by atoms with Crippen LogP contribution in [0.3, 0.4) is 0 Å². The maximum atomic E-state index is 12.5. The Morgan fingerprint density at radius 3 is 2.23 bits per heavy atom. The molecule has 1 aromatic carbocycles. The van der Waals surface area contributed by atoms with Crippen LogP contribution in [0.2, 0.25) is 0 Å². The molecule has 3 aromatic heterocycles. The molecule has 1 fully saturated rings. The van der Waals surface area contributed by atoms with E-state index in [2.05, 4.69) is 15.2 Å². The summed E-state index contributed by atoms with van der Waals surface area (Å²) in [4.78, 5) is 43.1. The van der Waals surface area contributed by atoms with Crippen molar-refractivity contribution >= 4 is 25.4 Å². The van der Waals surface area contributed by atoms with Gasteiger partial charge in [-0.15, -0.1) is 5.10 Å². The number of ether oxygens (including phenoxy) is 1. The fourth-order valence-corrected chi connectivity index (χ4v) is 7.01. The van der Waals surface area contributed by atoms with E-state index >= 15 is 0 Å². The first-order valence-electron chi connectivity index (χ1n) is 14.0. The third kappa shape index (κ3) is 5.46. The van der Waals surface area contributed by atoms with Gasteiger partial charge in [-0.05, 0) is 17.5 Å². The zero-order valence-corrected chi connectivity index (χ0v) is 26.5. The second kappa shape index (κ2) is 10.5. The molecule has 43 heavy (non-hydrogen) atoms. The number of cyclic esters (lactones) is 1. The summed E-state index contributed by atoms with van der Waals surface area (Å²) in [6.45, 7) is 15.5. The van der Waals surface area contributed by atoms with E-state index < -0.39 is 30.5 Å². The van der Waals surface area contributed by atoms with Crippen molar-refractivity contribution in [2.75, 3.05) is 11.5 Å². The van der Waals surface area contributed by atoms with Crippen molar-refractivity contribution in [2.45, 2.75) is 67.2 Å². The average Bonchev–Trinajstić information content (AvgIpc) is 3.63. The molecule has 4 heterocycles. The molecule has 1 amide bonds. The lowest BCUT2D eigenvalue weighted by Gasteiger charge is -2.51. The minimum Gasteiger partial charge on any atom is -0.447 e. The number of rotatable bonds is 7. The number of phosphoric ester groups is 1. The van der Waals surface area contributed by atoms with E-state index in [0.29, 0.717) is 29.5 Å². The topological polar surface area (TPSA) is 157 Å². The molecule has 2 N–H and O–H groups in total. The number of benzene rings is 1. The van der Waals surface area contributed by atoms with Crippen molar-refractivity contribution in [1.29, 1.82) is 0 Å². The fourth-order valence-electron chi connectivity index (χ4n) is 6.03. The van der Waals surface area contributed by atoms with Crippen molar-refractivity contribution in [3.63, 3.8) is 0 Å². The second-order valence-electron chi connectivity index (χ2n) is 13.2. The molecule has 1 saturated heterocycles. The molecule has 0 radical (unpaired) electrons. The molecule has 4 aromatic rings. The number of hydrogen-bond donors (Lipinski definition) is 2. The lowest BCUT2D eigenvalue weighted by molar-refractivity contribution is -0.198. The number of nitrogens with zero attached hydrogens (tertiary/aromatic N) is 7. The zero-order chi connectivity index (χ0) is 31.5. The zero-order valence-electron chi connectivity index (χ0n) is 25.6. The van der Waals surface area contributed by atoms with Gasteiger partial charge in [0, 0.05) is 28.2 Å². The first kappa shape index (κ1) is 30.8. The van der Waals surface area contributed by atoms with E-state index in [-0.39, 0.29) is 12.0 Å². The predicted octanol–water partition coefficient (Wildman–Crippen LogP) is 5.49. The van der Waals surface area contributed by atoms with Crippen LogP contribution in [0.25, 0.3) is 28.2 Å². The van der Waals surface area contributed by atoms with Crippen LogP contribution in [-0.4, -0.2) is 57.9 Å². The number of anilines is 1. The molecule has 0 aliphatic carbocycles. The monoisotopic (exact) mass is 611 g/mol. The minimum absolute atomic E-state index is 0.109. The summed E-state index contributed by atoms with van der Waals surface area (Å²) < 4.78 is 26.1. The smallest absolute Gasteiger partial charge is 0.447 e. The van der Waals surface area contributed by atoms with Crippen LogP contribution in [0.4, 0.5) is 10.6 Å². The normalized spacial score (nSPS) is 16.9. The Morgan fingerprint density at radius 1 is 1.02 bits per heavy atom. The fraction of sp³-hybridized carbons (Fsp3) is 0.483. The van der Waals surface area contributed by atoms with Gasteiger partial charge in [-0.3, -0.25) is 9.42 Å². The van der Waals surface area contributed by atoms with Crippen LogP contribution < -0.4 is 4.90 Å². The third-order valence-electron chi connectivity index (χ3n) is 7.83. The third-order valence-corrected chi connectivity index (χ3v) is 8.33. The number of amides is 1. The molecule has 230 valence electrons. The van der Waals surface area contributed by atoms with E-state index in [0.717, 1.165) is 11.1 Å². The molecule has 14 heteroatoms. The van der Waals surface area contributed by atoms with Gasteiger partial charge in [0.15, 0.2) is 17.2 Å². The number of carbonyl (C=O) groups is 1. The molecule has 0 saturated carbocycles. The molecule has 13 nitrogen and oxygen atoms in total. The van der Waals surface area contributed by atoms with Crippen molar-refractivity contribution in [3.8, 4) is 22.5 Å². The molecule has 5 rings (SSSR count). The van der Waals surface area contributed by atoms with E-state index in [1.807, 2.05) is 79.7 Å². The number of carbonyl (C=O) groups excluding carboxylic acids is 1. The number of fused-ring (bicyclic) bond motifs is 1. The summed E-state index contributed by atoms with van der Waals surface area (Å²) in [6.07, 6.45) is 4.52. The predicted molar refractivity (Wildman–Crippen MR) is 160 cm³/mol. The van der Waals surface area contributed by atoms with Gasteiger partial charge in [0.05, 0.1) is 12.2 Å². The first-order chi connectivity index (χ1) is 19.9. The molecule has 0 spiro atoms. The van der Waals surface area contributed by atoms with Crippen LogP contribution in [-0.2, 0) is 19.6 Å². The van der Waals surface area contributed by atoms with Crippen molar-refractivity contribution < 1.29 is 28.4 Å². The number of phosphoric acid groups is 1. The highest BCUT2D eigenvalue weighted by Crippen LogP contribution is 2.58. The lowest BCUT2D eigenvalue weighted by atomic mass is 9.68. The Morgan fingerprint density at radius 2 is 1.65 bits per heavy atom. The minimum atomic E-state index is -4.92. The average molecular weight is 612 g/mol. The highest BCUT2D eigenvalue weighted by Gasteiger charge is 2.58. The second-order valence-corrected chi connectivity index (χ2v) is 14.4. The summed E-state index contributed by atoms with van der Waals surface area (Å²) in [5, 5.41) is 9.09. The molecule has 1 aliphatic heterocycles. The quantitative estimate of drug-likeness (QED) is 0.256. The van der Waals surface area contributed by atoms with E-state index in [9.17, 15) is 19.1 Å². The van der Waals surface area contributed by atoms with E-state index in [4.69, 9.17) is 14.2 Å². The van der Waals surface area contributed by atoms with Crippen LogP contribution in [0.5, 0.6) is 0 Å². The molecule has 1 atom stereocenters. The largest absolute Gasteiger partial charge is 0.471 e. The Bertz CT molecular complexity index is 1680. The molecular formula is C29H38N7O6P. The van der Waals surface area contributed by atoms with Crippen molar-refractivity contribution in [3.05, 3.63) is 49.1 Å². The van der Waals surface area contributed by atoms with Crippen LogP contribution >= 0.6 is 7.82 Å². The standard InChI is InChI=1S/C29H38N7O6P/c1-18(2)22-16-41-26(37)36(22)23-13-14-34-25(32-23)21(15-31-34)19-9-11-20(12-10-19)24-30-17-35(33-24)29(27(3,4)5,28(6,7)8)42-43(38,39)40/h9-15,17-18,22H,16H2,1-8H3,(H2,38,39,40). The molecule has 1 aliphatic rings. The van der Waals surface area contributed by atoms with Crippen molar-refractivity contribution in [2.24, 2.45) is 16.7 Å². The maximum absolute atomic E-state index is 12.5. The summed E-state index contributed by atoms with van der Waals surface area (Å²) in [7, 11) is -4.92. The number of hydrogen-bond acceptors (Lipinski definition) is 8. The van der Waals surface area contributed by atoms with Gasteiger partial charge in [-0.2, -0.15) is 5.10 Å². The summed E-state index contributed by atoms with van der Waals surface area (Å²) in [6, 6.07) is 9.15. The maximum Gasteiger partial charge on any atom is 0.471 e. The van der Waals surface area contributed by atoms with Gasteiger partial charge in [-0.25, -0.2) is 28.5 Å². The van der Waals surface area contributed by atoms with Gasteiger partial charge in [-0.1, -0.05) is 79.7 Å². The molecule has 1 unspecified atom stereocenters. The number of aromatic nitrogens is 6. The summed E-state index contributed by atoms with van der Waals surface area (Å²) in [5.41, 5.74) is -0.188. The Labute approximate surface area is 250 Å². The van der Waals surface area contributed by atoms with Crippen LogP contribution in [0, 0.1) is 16.7 Å². The van der Waals surface area contributed by atoms with Gasteiger partial charge in [0.1, 0.15) is 18.8 Å². The Hall–Kier alpha value is -3.64. The summed E-state index contributed by atoms with van der Waals surface area (Å²) in [5.74, 6) is 1.06. The molecule has 0 bridgehead atoms. The first-order valence-corrected chi connectivity index (χ1v) is 15.6. The van der Waals surface area contributed by atoms with Crippen LogP contribution in [0.1, 0.15) is 55.4 Å². The lowest BCUT2D eigenvalue weighted by Crippen LogP contribution is -2.56. The molecular weight excluding hydrogens is 573 g/mol. The van der Waals surface area contributed by atoms with Gasteiger partial charge < -0.3 is 14.5 Å². The Kier molecular flexibility index (Phi) is 7.53. The van der Waals surface area contributed by atoms with Gasteiger partial charge >= 0.3 is 13.9 Å². The summed E-state index contributed by atoms with van der Waals surface area (Å²) >= 11 is 0. The van der Waals surface area contributed by atoms with Gasteiger partial charge in [0.25, 0.3) is 0 Å².